The highest BCUT2D eigenvalue weighted by Gasteiger charge is 2.08. The summed E-state index contributed by atoms with van der Waals surface area (Å²) in [5.74, 6) is 0.670. The summed E-state index contributed by atoms with van der Waals surface area (Å²) in [6.45, 7) is 2.02. The maximum atomic E-state index is 6.03. The van der Waals surface area contributed by atoms with Gasteiger partial charge in [-0.1, -0.05) is 33.6 Å². The Bertz CT molecular complexity index is 716. The number of rotatable bonds is 1. The van der Waals surface area contributed by atoms with E-state index in [0.717, 1.165) is 21.2 Å². The van der Waals surface area contributed by atoms with Crippen molar-refractivity contribution in [3.63, 3.8) is 0 Å². The Balaban J connectivity index is 2.19. The maximum absolute atomic E-state index is 6.03. The minimum absolute atomic E-state index is 0.661. The molecule has 0 radical (unpaired) electrons. The van der Waals surface area contributed by atoms with Crippen molar-refractivity contribution in [2.75, 3.05) is 0 Å². The number of fused-ring (bicyclic) bond motifs is 1. The Morgan fingerprint density at radius 2 is 2.06 bits per heavy atom. The lowest BCUT2D eigenvalue weighted by Gasteiger charge is -1.97. The molecule has 0 saturated carbocycles. The van der Waals surface area contributed by atoms with Gasteiger partial charge in [-0.25, -0.2) is 9.50 Å². The highest BCUT2D eigenvalue weighted by Crippen LogP contribution is 2.25. The number of aromatic nitrogens is 3. The molecule has 0 aliphatic carbocycles. The molecule has 90 valence electrons. The lowest BCUT2D eigenvalue weighted by atomic mass is 10.2. The summed E-state index contributed by atoms with van der Waals surface area (Å²) in [7, 11) is 0. The van der Waals surface area contributed by atoms with Crippen molar-refractivity contribution in [1.29, 1.82) is 0 Å². The van der Waals surface area contributed by atoms with Gasteiger partial charge >= 0.3 is 0 Å². The van der Waals surface area contributed by atoms with Gasteiger partial charge in [-0.15, -0.1) is 5.10 Å². The van der Waals surface area contributed by atoms with Gasteiger partial charge in [0.25, 0.3) is 0 Å². The van der Waals surface area contributed by atoms with E-state index in [0.29, 0.717) is 10.8 Å². The Kier molecular flexibility index (Phi) is 2.84. The first-order valence-electron chi connectivity index (χ1n) is 5.41. The van der Waals surface area contributed by atoms with Crippen LogP contribution in [0, 0.1) is 6.92 Å². The van der Waals surface area contributed by atoms with Gasteiger partial charge in [0.2, 0.25) is 0 Å². The molecule has 0 atom stereocenters. The van der Waals surface area contributed by atoms with Crippen LogP contribution in [0.25, 0.3) is 17.0 Å². The van der Waals surface area contributed by atoms with Crippen LogP contribution in [0.15, 0.2) is 41.0 Å². The molecular weight excluding hydrogens is 314 g/mol. The molecule has 0 bridgehead atoms. The van der Waals surface area contributed by atoms with E-state index in [1.54, 1.807) is 4.52 Å². The standard InChI is InChI=1S/C13H9BrClN3/c1-8-2-3-12-16-13(17-18(12)7-8)9-4-10(14)6-11(15)5-9/h2-7H,1H3. The average molecular weight is 323 g/mol. The quantitative estimate of drug-likeness (QED) is 0.674. The second-order valence-electron chi connectivity index (χ2n) is 4.10. The maximum Gasteiger partial charge on any atom is 0.182 e. The van der Waals surface area contributed by atoms with E-state index in [4.69, 9.17) is 11.6 Å². The summed E-state index contributed by atoms with van der Waals surface area (Å²) >= 11 is 9.45. The molecule has 3 nitrogen and oxygen atoms in total. The number of nitrogens with zero attached hydrogens (tertiary/aromatic N) is 3. The number of benzene rings is 1. The molecule has 0 fully saturated rings. The van der Waals surface area contributed by atoms with Crippen molar-refractivity contribution in [1.82, 2.24) is 14.6 Å². The van der Waals surface area contributed by atoms with Gasteiger partial charge < -0.3 is 0 Å². The van der Waals surface area contributed by atoms with Crippen LogP contribution in [0.3, 0.4) is 0 Å². The van der Waals surface area contributed by atoms with Gasteiger partial charge in [0, 0.05) is 21.3 Å². The Morgan fingerprint density at radius 1 is 1.22 bits per heavy atom. The molecule has 0 aliphatic heterocycles. The molecule has 3 aromatic rings. The smallest absolute Gasteiger partial charge is 0.182 e. The average Bonchev–Trinajstić information content (AvgIpc) is 2.70. The van der Waals surface area contributed by atoms with Crippen LogP contribution >= 0.6 is 27.5 Å². The summed E-state index contributed by atoms with van der Waals surface area (Å²) < 4.78 is 2.69. The van der Waals surface area contributed by atoms with Gasteiger partial charge in [0.1, 0.15) is 0 Å². The van der Waals surface area contributed by atoms with Crippen LogP contribution in [0.2, 0.25) is 5.02 Å². The lowest BCUT2D eigenvalue weighted by Crippen LogP contribution is -1.87. The number of pyridine rings is 1. The fraction of sp³-hybridized carbons (Fsp3) is 0.0769. The van der Waals surface area contributed by atoms with E-state index >= 15 is 0 Å². The normalized spacial score (nSPS) is 11.1. The Morgan fingerprint density at radius 3 is 2.83 bits per heavy atom. The molecule has 0 saturated heterocycles. The van der Waals surface area contributed by atoms with Gasteiger partial charge in [-0.2, -0.15) is 0 Å². The third-order valence-corrected chi connectivity index (χ3v) is 3.28. The molecule has 1 aromatic carbocycles. The first-order chi connectivity index (χ1) is 8.61. The summed E-state index contributed by atoms with van der Waals surface area (Å²) in [5.41, 5.74) is 2.87. The minimum Gasteiger partial charge on any atom is -0.220 e. The third-order valence-electron chi connectivity index (χ3n) is 2.60. The summed E-state index contributed by atoms with van der Waals surface area (Å²) in [5, 5.41) is 5.11. The monoisotopic (exact) mass is 321 g/mol. The second-order valence-corrected chi connectivity index (χ2v) is 5.45. The Hall–Kier alpha value is -1.39. The first kappa shape index (κ1) is 11.7. The van der Waals surface area contributed by atoms with Crippen LogP contribution in [-0.4, -0.2) is 14.6 Å². The fourth-order valence-electron chi connectivity index (χ4n) is 1.79. The summed E-state index contributed by atoms with van der Waals surface area (Å²) in [6, 6.07) is 9.61. The van der Waals surface area contributed by atoms with Crippen molar-refractivity contribution in [3.05, 3.63) is 51.6 Å². The molecule has 0 spiro atoms. The predicted octanol–water partition coefficient (Wildman–Crippen LogP) is 4.12. The molecule has 2 heterocycles. The highest BCUT2D eigenvalue weighted by molar-refractivity contribution is 9.10. The van der Waals surface area contributed by atoms with Crippen LogP contribution in [-0.2, 0) is 0 Å². The molecule has 18 heavy (non-hydrogen) atoms. The fourth-order valence-corrected chi connectivity index (χ4v) is 2.65. The minimum atomic E-state index is 0.661. The van der Waals surface area contributed by atoms with Gasteiger partial charge in [0.05, 0.1) is 0 Å². The van der Waals surface area contributed by atoms with Gasteiger partial charge in [-0.3, -0.25) is 0 Å². The molecule has 5 heteroatoms. The van der Waals surface area contributed by atoms with Crippen LogP contribution in [0.5, 0.6) is 0 Å². The van der Waals surface area contributed by atoms with Gasteiger partial charge in [0.15, 0.2) is 11.5 Å². The first-order valence-corrected chi connectivity index (χ1v) is 6.58. The van der Waals surface area contributed by atoms with Crippen molar-refractivity contribution >= 4 is 33.2 Å². The van der Waals surface area contributed by atoms with Crippen molar-refractivity contribution in [2.45, 2.75) is 6.92 Å². The molecule has 0 unspecified atom stereocenters. The number of aryl methyl sites for hydroxylation is 1. The topological polar surface area (TPSA) is 30.2 Å². The SMILES string of the molecule is Cc1ccc2nc(-c3cc(Cl)cc(Br)c3)nn2c1. The van der Waals surface area contributed by atoms with E-state index in [9.17, 15) is 0 Å². The van der Waals surface area contributed by atoms with E-state index in [2.05, 4.69) is 26.0 Å². The summed E-state index contributed by atoms with van der Waals surface area (Å²) in [6.07, 6.45) is 1.95. The number of hydrogen-bond donors (Lipinski definition) is 0. The zero-order valence-electron chi connectivity index (χ0n) is 9.56. The Labute approximate surface area is 118 Å². The van der Waals surface area contributed by atoms with Crippen LogP contribution < -0.4 is 0 Å². The van der Waals surface area contributed by atoms with E-state index in [1.165, 1.54) is 0 Å². The molecule has 0 amide bonds. The largest absolute Gasteiger partial charge is 0.220 e. The zero-order chi connectivity index (χ0) is 12.7. The van der Waals surface area contributed by atoms with Crippen molar-refractivity contribution in [2.24, 2.45) is 0 Å². The molecule has 0 aliphatic rings. The van der Waals surface area contributed by atoms with E-state index < -0.39 is 0 Å². The summed E-state index contributed by atoms with van der Waals surface area (Å²) in [4.78, 5) is 4.48. The zero-order valence-corrected chi connectivity index (χ0v) is 11.9. The second kappa shape index (κ2) is 4.37. The van der Waals surface area contributed by atoms with Crippen molar-refractivity contribution < 1.29 is 0 Å². The lowest BCUT2D eigenvalue weighted by molar-refractivity contribution is 0.956. The van der Waals surface area contributed by atoms with Crippen LogP contribution in [0.1, 0.15) is 5.56 Å². The highest BCUT2D eigenvalue weighted by atomic mass is 79.9. The molecule has 3 rings (SSSR count). The predicted molar refractivity (Wildman–Crippen MR) is 75.9 cm³/mol. The van der Waals surface area contributed by atoms with Crippen molar-refractivity contribution in [3.8, 4) is 11.4 Å². The number of hydrogen-bond acceptors (Lipinski definition) is 2. The van der Waals surface area contributed by atoms with E-state index in [1.807, 2.05) is 43.5 Å². The van der Waals surface area contributed by atoms with Gasteiger partial charge in [-0.05, 0) is 36.8 Å². The van der Waals surface area contributed by atoms with E-state index in [-0.39, 0.29) is 0 Å². The molecular formula is C13H9BrClN3. The van der Waals surface area contributed by atoms with Crippen LogP contribution in [0.4, 0.5) is 0 Å². The molecule has 2 aromatic heterocycles. The molecule has 0 N–H and O–H groups in total. The third kappa shape index (κ3) is 2.13. The number of halogens is 2.